The summed E-state index contributed by atoms with van der Waals surface area (Å²) < 4.78 is 15.6. The lowest BCUT2D eigenvalue weighted by atomic mass is 9.94. The van der Waals surface area contributed by atoms with E-state index in [1.165, 1.54) is 12.1 Å². The highest BCUT2D eigenvalue weighted by Crippen LogP contribution is 2.39. The summed E-state index contributed by atoms with van der Waals surface area (Å²) in [5, 5.41) is 6.25. The Hall–Kier alpha value is -3.93. The van der Waals surface area contributed by atoms with Crippen LogP contribution in [0.1, 0.15) is 18.5 Å². The molecule has 0 aliphatic carbocycles. The highest BCUT2D eigenvalue weighted by molar-refractivity contribution is 6.06. The van der Waals surface area contributed by atoms with Crippen molar-refractivity contribution in [2.75, 3.05) is 10.6 Å². The number of halogens is 1. The molecule has 148 valence electrons. The molecule has 1 aromatic heterocycles. The van der Waals surface area contributed by atoms with E-state index < -0.39 is 6.04 Å². The molecule has 5 rings (SSSR count). The number of allylic oxidation sites excluding steroid dienone is 1. The average molecular weight is 398 g/mol. The molecule has 2 heterocycles. The molecule has 0 saturated carbocycles. The number of rotatable bonds is 3. The summed E-state index contributed by atoms with van der Waals surface area (Å²) in [7, 11) is 0. The van der Waals surface area contributed by atoms with E-state index in [2.05, 4.69) is 15.6 Å². The van der Waals surface area contributed by atoms with Crippen LogP contribution in [0.5, 0.6) is 0 Å². The molecule has 5 nitrogen and oxygen atoms in total. The zero-order valence-electron chi connectivity index (χ0n) is 16.3. The van der Waals surface area contributed by atoms with Gasteiger partial charge in [-0.15, -0.1) is 0 Å². The van der Waals surface area contributed by atoms with Crippen LogP contribution in [-0.2, 0) is 4.79 Å². The first-order chi connectivity index (χ1) is 14.6. The fourth-order valence-electron chi connectivity index (χ4n) is 3.94. The maximum atomic E-state index is 13.6. The van der Waals surface area contributed by atoms with Crippen LogP contribution in [0, 0.1) is 5.82 Å². The number of imidazole rings is 1. The van der Waals surface area contributed by atoms with Gasteiger partial charge in [-0.3, -0.25) is 9.36 Å². The Balaban J connectivity index is 1.68. The topological polar surface area (TPSA) is 59.0 Å². The summed E-state index contributed by atoms with van der Waals surface area (Å²) in [4.78, 5) is 18.1. The summed E-state index contributed by atoms with van der Waals surface area (Å²) >= 11 is 0. The smallest absolute Gasteiger partial charge is 0.255 e. The molecule has 3 aromatic carbocycles. The molecule has 4 aromatic rings. The number of benzene rings is 3. The van der Waals surface area contributed by atoms with Gasteiger partial charge in [-0.05, 0) is 48.9 Å². The van der Waals surface area contributed by atoms with Crippen LogP contribution in [0.25, 0.3) is 11.0 Å². The van der Waals surface area contributed by atoms with Crippen molar-refractivity contribution in [1.82, 2.24) is 9.55 Å². The van der Waals surface area contributed by atoms with Gasteiger partial charge in [-0.1, -0.05) is 42.5 Å². The lowest BCUT2D eigenvalue weighted by Gasteiger charge is -2.30. The highest BCUT2D eigenvalue weighted by Gasteiger charge is 2.34. The van der Waals surface area contributed by atoms with Crippen LogP contribution in [0.3, 0.4) is 0 Å². The fourth-order valence-corrected chi connectivity index (χ4v) is 3.94. The Bertz CT molecular complexity index is 1280. The number of amides is 1. The molecule has 1 aliphatic heterocycles. The number of hydrogen-bond acceptors (Lipinski definition) is 3. The van der Waals surface area contributed by atoms with Crippen molar-refractivity contribution >= 4 is 28.6 Å². The Labute approximate surface area is 172 Å². The second kappa shape index (κ2) is 7.15. The number of nitrogens with zero attached hydrogens (tertiary/aromatic N) is 2. The van der Waals surface area contributed by atoms with E-state index in [-0.39, 0.29) is 11.7 Å². The molecule has 0 saturated heterocycles. The first-order valence-corrected chi connectivity index (χ1v) is 9.68. The molecule has 0 unspecified atom stereocenters. The van der Waals surface area contributed by atoms with Crippen LogP contribution in [-0.4, -0.2) is 15.5 Å². The Morgan fingerprint density at radius 3 is 2.47 bits per heavy atom. The minimum absolute atomic E-state index is 0.219. The third-order valence-corrected chi connectivity index (χ3v) is 5.29. The summed E-state index contributed by atoms with van der Waals surface area (Å²) in [6.45, 7) is 1.86. The van der Waals surface area contributed by atoms with E-state index in [0.717, 1.165) is 16.6 Å². The van der Waals surface area contributed by atoms with Gasteiger partial charge in [0.2, 0.25) is 5.95 Å². The van der Waals surface area contributed by atoms with Gasteiger partial charge in [0.15, 0.2) is 0 Å². The molecule has 6 heteroatoms. The van der Waals surface area contributed by atoms with Crippen molar-refractivity contribution in [2.24, 2.45) is 0 Å². The van der Waals surface area contributed by atoms with Crippen LogP contribution in [0.4, 0.5) is 16.0 Å². The second-order valence-corrected chi connectivity index (χ2v) is 7.23. The molecular formula is C24H19FN4O. The molecule has 1 atom stereocenters. The number of aromatic nitrogens is 2. The van der Waals surface area contributed by atoms with Gasteiger partial charge in [-0.2, -0.15) is 0 Å². The SMILES string of the molecule is CC1=C(C(=O)Nc2ccccc2)[C@@H](c2ccc(F)cc2)n2c(nc3ccccc32)N1. The van der Waals surface area contributed by atoms with Crippen LogP contribution < -0.4 is 10.6 Å². The van der Waals surface area contributed by atoms with Gasteiger partial charge >= 0.3 is 0 Å². The molecule has 0 spiro atoms. The van der Waals surface area contributed by atoms with Crippen molar-refractivity contribution in [3.05, 3.63) is 102 Å². The minimum Gasteiger partial charge on any atom is -0.329 e. The number of carbonyl (C=O) groups excluding carboxylic acids is 1. The van der Waals surface area contributed by atoms with Crippen LogP contribution >= 0.6 is 0 Å². The van der Waals surface area contributed by atoms with Gasteiger partial charge < -0.3 is 10.6 Å². The summed E-state index contributed by atoms with van der Waals surface area (Å²) in [5.41, 5.74) is 4.50. The van der Waals surface area contributed by atoms with E-state index in [1.807, 2.05) is 66.1 Å². The Morgan fingerprint density at radius 1 is 1.00 bits per heavy atom. The Morgan fingerprint density at radius 2 is 1.70 bits per heavy atom. The predicted molar refractivity (Wildman–Crippen MR) is 116 cm³/mol. The van der Waals surface area contributed by atoms with E-state index in [9.17, 15) is 9.18 Å². The molecule has 0 bridgehead atoms. The normalized spacial score (nSPS) is 15.6. The predicted octanol–water partition coefficient (Wildman–Crippen LogP) is 5.10. The minimum atomic E-state index is -0.446. The molecule has 1 amide bonds. The summed E-state index contributed by atoms with van der Waals surface area (Å²) in [6, 6.07) is 22.9. The van der Waals surface area contributed by atoms with Crippen molar-refractivity contribution in [3.63, 3.8) is 0 Å². The molecular weight excluding hydrogens is 379 g/mol. The third kappa shape index (κ3) is 3.03. The van der Waals surface area contributed by atoms with Crippen molar-refractivity contribution < 1.29 is 9.18 Å². The lowest BCUT2D eigenvalue weighted by molar-refractivity contribution is -0.113. The fraction of sp³-hybridized carbons (Fsp3) is 0.0833. The summed E-state index contributed by atoms with van der Waals surface area (Å²) in [6.07, 6.45) is 0. The molecule has 30 heavy (non-hydrogen) atoms. The van der Waals surface area contributed by atoms with Gasteiger partial charge in [0, 0.05) is 11.4 Å². The Kier molecular flexibility index (Phi) is 4.32. The highest BCUT2D eigenvalue weighted by atomic mass is 19.1. The summed E-state index contributed by atoms with van der Waals surface area (Å²) in [5.74, 6) is 0.114. The van der Waals surface area contributed by atoms with Crippen molar-refractivity contribution in [3.8, 4) is 0 Å². The van der Waals surface area contributed by atoms with Gasteiger partial charge in [0.25, 0.3) is 5.91 Å². The zero-order chi connectivity index (χ0) is 20.7. The zero-order valence-corrected chi connectivity index (χ0v) is 16.3. The maximum absolute atomic E-state index is 13.6. The molecule has 0 fully saturated rings. The number of carbonyl (C=O) groups is 1. The van der Waals surface area contributed by atoms with Crippen LogP contribution in [0.15, 0.2) is 90.1 Å². The second-order valence-electron chi connectivity index (χ2n) is 7.23. The first-order valence-electron chi connectivity index (χ1n) is 9.68. The number of para-hydroxylation sites is 3. The van der Waals surface area contributed by atoms with E-state index in [0.29, 0.717) is 22.9 Å². The molecule has 2 N–H and O–H groups in total. The standard InChI is InChI=1S/C24H19FN4O/c1-15-21(23(30)27-18-7-3-2-4-8-18)22(16-11-13-17(25)14-12-16)29-20-10-6-5-9-19(20)28-24(29)26-15/h2-14,22H,1H3,(H,26,28)(H,27,30)/t22-/m1/s1. The van der Waals surface area contributed by atoms with E-state index >= 15 is 0 Å². The van der Waals surface area contributed by atoms with E-state index in [1.54, 1.807) is 12.1 Å². The first kappa shape index (κ1) is 18.1. The van der Waals surface area contributed by atoms with Gasteiger partial charge in [0.05, 0.1) is 22.6 Å². The number of nitrogens with one attached hydrogen (secondary N) is 2. The van der Waals surface area contributed by atoms with Crippen molar-refractivity contribution in [1.29, 1.82) is 0 Å². The molecule has 1 aliphatic rings. The largest absolute Gasteiger partial charge is 0.329 e. The number of anilines is 2. The van der Waals surface area contributed by atoms with Gasteiger partial charge in [-0.25, -0.2) is 9.37 Å². The number of fused-ring (bicyclic) bond motifs is 3. The molecule has 0 radical (unpaired) electrons. The van der Waals surface area contributed by atoms with Crippen molar-refractivity contribution in [2.45, 2.75) is 13.0 Å². The third-order valence-electron chi connectivity index (χ3n) is 5.29. The maximum Gasteiger partial charge on any atom is 0.255 e. The lowest BCUT2D eigenvalue weighted by Crippen LogP contribution is -2.30. The average Bonchev–Trinajstić information content (AvgIpc) is 3.12. The van der Waals surface area contributed by atoms with Gasteiger partial charge in [0.1, 0.15) is 5.82 Å². The number of hydrogen-bond donors (Lipinski definition) is 2. The quantitative estimate of drug-likeness (QED) is 0.505. The van der Waals surface area contributed by atoms with E-state index in [4.69, 9.17) is 0 Å². The van der Waals surface area contributed by atoms with Crippen LogP contribution in [0.2, 0.25) is 0 Å². The monoisotopic (exact) mass is 398 g/mol.